The number of hydrogen-bond donors (Lipinski definition) is 1. The standard InChI is InChI=1S/C13H14Cl2FN3O/c1-2-3-17-13(20)7-19-11-5-9(16)8(15)4-10(11)18-12(19)6-14/h4-5H,2-3,6-7H2,1H3,(H,17,20). The molecule has 0 saturated carbocycles. The van der Waals surface area contributed by atoms with E-state index >= 15 is 0 Å². The molecular weight excluding hydrogens is 304 g/mol. The zero-order chi connectivity index (χ0) is 14.7. The Morgan fingerprint density at radius 2 is 2.25 bits per heavy atom. The molecule has 1 N–H and O–H groups in total. The number of carbonyl (C=O) groups excluding carboxylic acids is 1. The summed E-state index contributed by atoms with van der Waals surface area (Å²) in [6, 6.07) is 2.70. The minimum absolute atomic E-state index is 0.00120. The second-order valence-electron chi connectivity index (χ2n) is 4.35. The quantitative estimate of drug-likeness (QED) is 0.861. The Kier molecular flexibility index (Phi) is 4.83. The Morgan fingerprint density at radius 3 is 2.90 bits per heavy atom. The molecule has 0 unspecified atom stereocenters. The monoisotopic (exact) mass is 317 g/mol. The minimum Gasteiger partial charge on any atom is -0.355 e. The van der Waals surface area contributed by atoms with Crippen LogP contribution in [-0.2, 0) is 17.2 Å². The van der Waals surface area contributed by atoms with Crippen LogP contribution in [0.5, 0.6) is 0 Å². The van der Waals surface area contributed by atoms with Crippen LogP contribution in [0.3, 0.4) is 0 Å². The molecule has 0 aliphatic heterocycles. The molecule has 4 nitrogen and oxygen atoms in total. The van der Waals surface area contributed by atoms with Crippen molar-refractivity contribution in [2.24, 2.45) is 0 Å². The van der Waals surface area contributed by atoms with Crippen molar-refractivity contribution in [3.05, 3.63) is 28.8 Å². The fraction of sp³-hybridized carbons (Fsp3) is 0.385. The Hall–Kier alpha value is -1.33. The first-order valence-electron chi connectivity index (χ1n) is 6.23. The van der Waals surface area contributed by atoms with Crippen LogP contribution in [-0.4, -0.2) is 22.0 Å². The Bertz CT molecular complexity index is 642. The van der Waals surface area contributed by atoms with E-state index in [9.17, 15) is 9.18 Å². The average molecular weight is 318 g/mol. The van der Waals surface area contributed by atoms with Gasteiger partial charge in [0.2, 0.25) is 5.91 Å². The van der Waals surface area contributed by atoms with Gasteiger partial charge in [-0.1, -0.05) is 18.5 Å². The van der Waals surface area contributed by atoms with E-state index in [1.54, 1.807) is 4.57 Å². The molecule has 0 fully saturated rings. The van der Waals surface area contributed by atoms with Gasteiger partial charge in [0, 0.05) is 12.6 Å². The van der Waals surface area contributed by atoms with Gasteiger partial charge >= 0.3 is 0 Å². The fourth-order valence-electron chi connectivity index (χ4n) is 1.91. The van der Waals surface area contributed by atoms with Gasteiger partial charge < -0.3 is 9.88 Å². The SMILES string of the molecule is CCCNC(=O)Cn1c(CCl)nc2cc(Cl)c(F)cc21. The number of halogens is 3. The normalized spacial score (nSPS) is 11.0. The summed E-state index contributed by atoms with van der Waals surface area (Å²) in [5.74, 6) is -0.0621. The summed E-state index contributed by atoms with van der Waals surface area (Å²) in [6.07, 6.45) is 0.850. The van der Waals surface area contributed by atoms with Gasteiger partial charge in [-0.05, 0) is 12.5 Å². The van der Waals surface area contributed by atoms with Crippen LogP contribution in [0.4, 0.5) is 4.39 Å². The van der Waals surface area contributed by atoms with Gasteiger partial charge in [0.25, 0.3) is 0 Å². The first-order chi connectivity index (χ1) is 9.56. The van der Waals surface area contributed by atoms with Gasteiger partial charge in [-0.2, -0.15) is 0 Å². The molecule has 1 aromatic carbocycles. The third-order valence-corrected chi connectivity index (χ3v) is 3.39. The summed E-state index contributed by atoms with van der Waals surface area (Å²) < 4.78 is 15.2. The van der Waals surface area contributed by atoms with Crippen molar-refractivity contribution in [2.45, 2.75) is 25.8 Å². The van der Waals surface area contributed by atoms with E-state index in [-0.39, 0.29) is 23.4 Å². The highest BCUT2D eigenvalue weighted by Gasteiger charge is 2.15. The molecule has 1 aromatic heterocycles. The molecule has 0 aliphatic rings. The number of hydrogen-bond acceptors (Lipinski definition) is 2. The summed E-state index contributed by atoms with van der Waals surface area (Å²) >= 11 is 11.6. The third kappa shape index (κ3) is 3.04. The molecule has 2 rings (SSSR count). The number of nitrogens with zero attached hydrogens (tertiary/aromatic N) is 2. The summed E-state index contributed by atoms with van der Waals surface area (Å²) in [5.41, 5.74) is 1.03. The number of benzene rings is 1. The second kappa shape index (κ2) is 6.41. The Morgan fingerprint density at radius 1 is 1.50 bits per heavy atom. The number of imidazole rings is 1. The first kappa shape index (κ1) is 15.1. The molecule has 20 heavy (non-hydrogen) atoms. The number of amides is 1. The van der Waals surface area contributed by atoms with Crippen molar-refractivity contribution in [3.63, 3.8) is 0 Å². The smallest absolute Gasteiger partial charge is 0.240 e. The van der Waals surface area contributed by atoms with Crippen molar-refractivity contribution in [1.29, 1.82) is 0 Å². The van der Waals surface area contributed by atoms with E-state index in [4.69, 9.17) is 23.2 Å². The van der Waals surface area contributed by atoms with Crippen LogP contribution in [0.2, 0.25) is 5.02 Å². The third-order valence-electron chi connectivity index (χ3n) is 2.86. The maximum atomic E-state index is 13.6. The van der Waals surface area contributed by atoms with E-state index in [2.05, 4.69) is 10.3 Å². The molecular formula is C13H14Cl2FN3O. The lowest BCUT2D eigenvalue weighted by Gasteiger charge is -2.08. The van der Waals surface area contributed by atoms with Gasteiger partial charge in [0.1, 0.15) is 18.2 Å². The molecule has 7 heteroatoms. The van der Waals surface area contributed by atoms with Gasteiger partial charge in [-0.15, -0.1) is 11.6 Å². The van der Waals surface area contributed by atoms with Crippen molar-refractivity contribution in [2.75, 3.05) is 6.54 Å². The van der Waals surface area contributed by atoms with E-state index in [1.165, 1.54) is 12.1 Å². The molecule has 2 aromatic rings. The Balaban J connectivity index is 2.39. The zero-order valence-corrected chi connectivity index (χ0v) is 12.4. The molecule has 0 radical (unpaired) electrons. The largest absolute Gasteiger partial charge is 0.355 e. The number of carbonyl (C=O) groups is 1. The summed E-state index contributed by atoms with van der Waals surface area (Å²) in [5, 5.41) is 2.76. The topological polar surface area (TPSA) is 46.9 Å². The number of nitrogens with one attached hydrogen (secondary N) is 1. The maximum Gasteiger partial charge on any atom is 0.240 e. The lowest BCUT2D eigenvalue weighted by Crippen LogP contribution is -2.28. The molecule has 0 aliphatic carbocycles. The molecule has 0 saturated heterocycles. The fourth-order valence-corrected chi connectivity index (χ4v) is 2.27. The van der Waals surface area contributed by atoms with Gasteiger partial charge in [-0.25, -0.2) is 9.37 Å². The highest BCUT2D eigenvalue weighted by molar-refractivity contribution is 6.31. The second-order valence-corrected chi connectivity index (χ2v) is 5.03. The predicted molar refractivity (Wildman–Crippen MR) is 77.6 cm³/mol. The van der Waals surface area contributed by atoms with E-state index < -0.39 is 5.82 Å². The van der Waals surface area contributed by atoms with Crippen LogP contribution in [0.25, 0.3) is 11.0 Å². The van der Waals surface area contributed by atoms with Crippen LogP contribution in [0.1, 0.15) is 19.2 Å². The number of aromatic nitrogens is 2. The summed E-state index contributed by atoms with van der Waals surface area (Å²) in [7, 11) is 0. The Labute approximate surface area is 125 Å². The summed E-state index contributed by atoms with van der Waals surface area (Å²) in [6.45, 7) is 2.62. The molecule has 1 heterocycles. The first-order valence-corrected chi connectivity index (χ1v) is 7.14. The van der Waals surface area contributed by atoms with Gasteiger partial charge in [0.05, 0.1) is 21.9 Å². The molecule has 108 valence electrons. The predicted octanol–water partition coefficient (Wildman–Crippen LogP) is 3.09. The zero-order valence-electron chi connectivity index (χ0n) is 10.9. The van der Waals surface area contributed by atoms with E-state index in [0.29, 0.717) is 23.4 Å². The molecule has 0 spiro atoms. The van der Waals surface area contributed by atoms with Crippen LogP contribution >= 0.6 is 23.2 Å². The van der Waals surface area contributed by atoms with Gasteiger partial charge in [-0.3, -0.25) is 4.79 Å². The van der Waals surface area contributed by atoms with Crippen LogP contribution in [0, 0.1) is 5.82 Å². The van der Waals surface area contributed by atoms with E-state index in [0.717, 1.165) is 6.42 Å². The lowest BCUT2D eigenvalue weighted by molar-refractivity contribution is -0.121. The highest BCUT2D eigenvalue weighted by atomic mass is 35.5. The molecule has 0 atom stereocenters. The number of fused-ring (bicyclic) bond motifs is 1. The van der Waals surface area contributed by atoms with Crippen LogP contribution in [0.15, 0.2) is 12.1 Å². The average Bonchev–Trinajstić information content (AvgIpc) is 2.74. The highest BCUT2D eigenvalue weighted by Crippen LogP contribution is 2.24. The van der Waals surface area contributed by atoms with Crippen LogP contribution < -0.4 is 5.32 Å². The van der Waals surface area contributed by atoms with Crippen molar-refractivity contribution >= 4 is 40.1 Å². The minimum atomic E-state index is -0.546. The van der Waals surface area contributed by atoms with Gasteiger partial charge in [0.15, 0.2) is 0 Å². The lowest BCUT2D eigenvalue weighted by atomic mass is 10.3. The van der Waals surface area contributed by atoms with E-state index in [1.807, 2.05) is 6.92 Å². The van der Waals surface area contributed by atoms with Crippen molar-refractivity contribution < 1.29 is 9.18 Å². The number of alkyl halides is 1. The molecule has 1 amide bonds. The molecule has 0 bridgehead atoms. The number of rotatable bonds is 5. The van der Waals surface area contributed by atoms with Crippen molar-refractivity contribution in [1.82, 2.24) is 14.9 Å². The van der Waals surface area contributed by atoms with Crippen molar-refractivity contribution in [3.8, 4) is 0 Å². The maximum absolute atomic E-state index is 13.6. The summed E-state index contributed by atoms with van der Waals surface area (Å²) in [4.78, 5) is 16.1.